The molecule has 2 rings (SSSR count). The summed E-state index contributed by atoms with van der Waals surface area (Å²) in [6.45, 7) is 0. The van der Waals surface area contributed by atoms with Crippen molar-refractivity contribution in [3.05, 3.63) is 53.6 Å². The van der Waals surface area contributed by atoms with E-state index in [1.54, 1.807) is 18.2 Å². The highest BCUT2D eigenvalue weighted by atomic mass is 35.5. The number of benzene rings is 2. The quantitative estimate of drug-likeness (QED) is 0.774. The molecule has 0 amide bonds. The molecule has 4 heteroatoms. The van der Waals surface area contributed by atoms with Crippen molar-refractivity contribution in [3.8, 4) is 11.1 Å². The number of hydrogen-bond donors (Lipinski definition) is 2. The Morgan fingerprint density at radius 1 is 0.875 bits per heavy atom. The third-order valence-corrected chi connectivity index (χ3v) is 2.54. The van der Waals surface area contributed by atoms with Gasteiger partial charge in [0.25, 0.3) is 0 Å². The Bertz CT molecular complexity index is 486. The molecule has 0 aliphatic heterocycles. The highest BCUT2D eigenvalue weighted by molar-refractivity contribution is 6.59. The standard InChI is InChI=1S/C12H10BClO2/c14-12-7-10(6-11(8-12)13(15)16)9-4-2-1-3-5-9/h1-8,15-16H. The summed E-state index contributed by atoms with van der Waals surface area (Å²) in [4.78, 5) is 0. The minimum atomic E-state index is -1.50. The van der Waals surface area contributed by atoms with Crippen molar-refractivity contribution < 1.29 is 10.0 Å². The summed E-state index contributed by atoms with van der Waals surface area (Å²) in [5.74, 6) is 0. The average Bonchev–Trinajstić information content (AvgIpc) is 2.29. The molecular weight excluding hydrogens is 222 g/mol. The van der Waals surface area contributed by atoms with Crippen LogP contribution in [0.1, 0.15) is 0 Å². The minimum absolute atomic E-state index is 0.395. The van der Waals surface area contributed by atoms with Crippen LogP contribution in [-0.4, -0.2) is 17.2 Å². The first-order chi connectivity index (χ1) is 7.66. The van der Waals surface area contributed by atoms with Crippen LogP contribution in [0, 0.1) is 0 Å². The second-order valence-corrected chi connectivity index (χ2v) is 3.95. The van der Waals surface area contributed by atoms with E-state index in [9.17, 15) is 0 Å². The summed E-state index contributed by atoms with van der Waals surface area (Å²) in [7, 11) is -1.50. The lowest BCUT2D eigenvalue weighted by Crippen LogP contribution is -2.29. The van der Waals surface area contributed by atoms with Gasteiger partial charge in [0.1, 0.15) is 0 Å². The number of halogens is 1. The Labute approximate surface area is 99.3 Å². The summed E-state index contributed by atoms with van der Waals surface area (Å²) >= 11 is 5.92. The first kappa shape index (κ1) is 11.2. The Hall–Kier alpha value is -1.29. The fourth-order valence-corrected chi connectivity index (χ4v) is 1.80. The molecule has 0 saturated heterocycles. The van der Waals surface area contributed by atoms with Crippen molar-refractivity contribution in [2.45, 2.75) is 0 Å². The van der Waals surface area contributed by atoms with E-state index >= 15 is 0 Å². The van der Waals surface area contributed by atoms with E-state index < -0.39 is 7.12 Å². The van der Waals surface area contributed by atoms with Crippen LogP contribution < -0.4 is 5.46 Å². The van der Waals surface area contributed by atoms with Gasteiger partial charge in [-0.3, -0.25) is 0 Å². The molecule has 0 bridgehead atoms. The van der Waals surface area contributed by atoms with Gasteiger partial charge in [-0.25, -0.2) is 0 Å². The van der Waals surface area contributed by atoms with Crippen LogP contribution in [0.2, 0.25) is 5.02 Å². The van der Waals surface area contributed by atoms with Crippen LogP contribution in [0.15, 0.2) is 48.5 Å². The highest BCUT2D eigenvalue weighted by Crippen LogP contribution is 2.21. The van der Waals surface area contributed by atoms with E-state index in [1.807, 2.05) is 30.3 Å². The van der Waals surface area contributed by atoms with Gasteiger partial charge in [0.2, 0.25) is 0 Å². The summed E-state index contributed by atoms with van der Waals surface area (Å²) in [5.41, 5.74) is 2.26. The van der Waals surface area contributed by atoms with Crippen molar-refractivity contribution in [1.82, 2.24) is 0 Å². The van der Waals surface area contributed by atoms with E-state index in [2.05, 4.69) is 0 Å². The zero-order valence-electron chi connectivity index (χ0n) is 8.47. The topological polar surface area (TPSA) is 40.5 Å². The summed E-state index contributed by atoms with van der Waals surface area (Å²) < 4.78 is 0. The molecule has 16 heavy (non-hydrogen) atoms. The van der Waals surface area contributed by atoms with Gasteiger partial charge < -0.3 is 10.0 Å². The molecule has 0 fully saturated rings. The van der Waals surface area contributed by atoms with E-state index in [4.69, 9.17) is 21.6 Å². The molecule has 0 atom stereocenters. The van der Waals surface area contributed by atoms with Gasteiger partial charge in [-0.05, 0) is 28.7 Å². The maximum atomic E-state index is 9.12. The Morgan fingerprint density at radius 2 is 1.56 bits per heavy atom. The maximum Gasteiger partial charge on any atom is 0.488 e. The van der Waals surface area contributed by atoms with Crippen LogP contribution in [0.3, 0.4) is 0 Å². The molecular formula is C12H10BClO2. The predicted octanol–water partition coefficient (Wildman–Crippen LogP) is 1.69. The molecule has 0 heterocycles. The number of hydrogen-bond acceptors (Lipinski definition) is 2. The fraction of sp³-hybridized carbons (Fsp3) is 0. The van der Waals surface area contributed by atoms with Gasteiger partial charge >= 0.3 is 7.12 Å². The molecule has 80 valence electrons. The molecule has 2 N–H and O–H groups in total. The van der Waals surface area contributed by atoms with Gasteiger partial charge in [0, 0.05) is 5.02 Å². The molecule has 0 spiro atoms. The SMILES string of the molecule is OB(O)c1cc(Cl)cc(-c2ccccc2)c1. The molecule has 2 aromatic carbocycles. The van der Waals surface area contributed by atoms with Gasteiger partial charge in [-0.15, -0.1) is 0 Å². The lowest BCUT2D eigenvalue weighted by molar-refractivity contribution is 0.426. The van der Waals surface area contributed by atoms with Crippen LogP contribution in [-0.2, 0) is 0 Å². The predicted molar refractivity (Wildman–Crippen MR) is 66.7 cm³/mol. The third kappa shape index (κ3) is 2.45. The van der Waals surface area contributed by atoms with Crippen molar-refractivity contribution in [2.24, 2.45) is 0 Å². The number of rotatable bonds is 2. The van der Waals surface area contributed by atoms with Crippen molar-refractivity contribution in [3.63, 3.8) is 0 Å². The van der Waals surface area contributed by atoms with E-state index in [0.717, 1.165) is 11.1 Å². The largest absolute Gasteiger partial charge is 0.488 e. The van der Waals surface area contributed by atoms with Crippen molar-refractivity contribution in [2.75, 3.05) is 0 Å². The summed E-state index contributed by atoms with van der Waals surface area (Å²) in [6, 6.07) is 14.7. The van der Waals surface area contributed by atoms with Crippen molar-refractivity contribution >= 4 is 24.2 Å². The van der Waals surface area contributed by atoms with Gasteiger partial charge in [0.05, 0.1) is 0 Å². The molecule has 0 aliphatic carbocycles. The molecule has 2 aromatic rings. The molecule has 2 nitrogen and oxygen atoms in total. The Morgan fingerprint density at radius 3 is 2.19 bits per heavy atom. The van der Waals surface area contributed by atoms with E-state index in [0.29, 0.717) is 10.5 Å². The fourth-order valence-electron chi connectivity index (χ4n) is 1.56. The smallest absolute Gasteiger partial charge is 0.423 e. The molecule has 0 radical (unpaired) electrons. The third-order valence-electron chi connectivity index (χ3n) is 2.33. The second-order valence-electron chi connectivity index (χ2n) is 3.51. The van der Waals surface area contributed by atoms with Crippen molar-refractivity contribution in [1.29, 1.82) is 0 Å². The maximum absolute atomic E-state index is 9.12. The van der Waals surface area contributed by atoms with E-state index in [1.165, 1.54) is 0 Å². The van der Waals surface area contributed by atoms with Gasteiger partial charge in [-0.1, -0.05) is 48.0 Å². The van der Waals surface area contributed by atoms with Crippen LogP contribution >= 0.6 is 11.6 Å². The lowest BCUT2D eigenvalue weighted by atomic mass is 9.79. The minimum Gasteiger partial charge on any atom is -0.423 e. The zero-order valence-corrected chi connectivity index (χ0v) is 9.22. The second kappa shape index (κ2) is 4.70. The first-order valence-corrected chi connectivity index (χ1v) is 5.26. The first-order valence-electron chi connectivity index (χ1n) is 4.89. The summed E-state index contributed by atoms with van der Waals surface area (Å²) in [5, 5.41) is 18.7. The molecule has 0 unspecified atom stereocenters. The van der Waals surface area contributed by atoms with Gasteiger partial charge in [0.15, 0.2) is 0 Å². The Balaban J connectivity index is 2.50. The Kier molecular flexibility index (Phi) is 3.29. The molecule has 0 aliphatic rings. The average molecular weight is 232 g/mol. The normalized spacial score (nSPS) is 10.2. The van der Waals surface area contributed by atoms with Crippen LogP contribution in [0.5, 0.6) is 0 Å². The summed E-state index contributed by atoms with van der Waals surface area (Å²) in [6.07, 6.45) is 0. The van der Waals surface area contributed by atoms with E-state index in [-0.39, 0.29) is 0 Å². The zero-order chi connectivity index (χ0) is 11.5. The molecule has 0 aromatic heterocycles. The lowest BCUT2D eigenvalue weighted by Gasteiger charge is -2.06. The monoisotopic (exact) mass is 232 g/mol. The van der Waals surface area contributed by atoms with Crippen LogP contribution in [0.25, 0.3) is 11.1 Å². The highest BCUT2D eigenvalue weighted by Gasteiger charge is 2.12. The van der Waals surface area contributed by atoms with Crippen LogP contribution in [0.4, 0.5) is 0 Å². The van der Waals surface area contributed by atoms with Gasteiger partial charge in [-0.2, -0.15) is 0 Å². The molecule has 0 saturated carbocycles.